The highest BCUT2D eigenvalue weighted by atomic mass is 19.1. The molecule has 4 heteroatoms. The first-order valence-electron chi connectivity index (χ1n) is 6.86. The molecule has 0 bridgehead atoms. The molecular formula is C16H24FN3. The molecule has 0 aromatic heterocycles. The molecular weight excluding hydrogens is 253 g/mol. The zero-order valence-electron chi connectivity index (χ0n) is 12.6. The summed E-state index contributed by atoms with van der Waals surface area (Å²) < 4.78 is 13.5. The van der Waals surface area contributed by atoms with E-state index in [1.165, 1.54) is 0 Å². The van der Waals surface area contributed by atoms with Crippen LogP contribution in [0.5, 0.6) is 0 Å². The minimum absolute atomic E-state index is 0.168. The molecule has 0 saturated heterocycles. The average Bonchev–Trinajstić information content (AvgIpc) is 2.43. The van der Waals surface area contributed by atoms with Crippen molar-refractivity contribution in [2.75, 3.05) is 20.6 Å². The Balaban J connectivity index is 2.52. The number of hydrogen-bond acceptors (Lipinski definition) is 1. The first kappa shape index (κ1) is 16.2. The Hall–Kier alpha value is -1.84. The molecule has 0 fully saturated rings. The first-order valence-corrected chi connectivity index (χ1v) is 6.86. The van der Waals surface area contributed by atoms with Gasteiger partial charge in [-0.2, -0.15) is 0 Å². The fourth-order valence-corrected chi connectivity index (χ4v) is 1.89. The van der Waals surface area contributed by atoms with Crippen molar-refractivity contribution in [3.05, 3.63) is 47.8 Å². The van der Waals surface area contributed by atoms with Crippen molar-refractivity contribution >= 4 is 5.96 Å². The van der Waals surface area contributed by atoms with Crippen LogP contribution in [0.25, 0.3) is 0 Å². The number of nitrogens with one attached hydrogen (secondary N) is 1. The van der Waals surface area contributed by atoms with E-state index in [4.69, 9.17) is 0 Å². The maximum absolute atomic E-state index is 13.5. The molecule has 0 aliphatic carbocycles. The van der Waals surface area contributed by atoms with Gasteiger partial charge < -0.3 is 10.2 Å². The Kier molecular flexibility index (Phi) is 6.77. The van der Waals surface area contributed by atoms with Crippen LogP contribution < -0.4 is 5.32 Å². The number of hydrogen-bond donors (Lipinski definition) is 1. The van der Waals surface area contributed by atoms with Crippen LogP contribution in [-0.4, -0.2) is 31.5 Å². The van der Waals surface area contributed by atoms with Crippen LogP contribution >= 0.6 is 0 Å². The van der Waals surface area contributed by atoms with Crippen molar-refractivity contribution in [1.29, 1.82) is 0 Å². The van der Waals surface area contributed by atoms with Gasteiger partial charge in [0.15, 0.2) is 5.96 Å². The van der Waals surface area contributed by atoms with Gasteiger partial charge in [0.1, 0.15) is 5.82 Å². The maximum atomic E-state index is 13.5. The Morgan fingerprint density at radius 1 is 1.50 bits per heavy atom. The van der Waals surface area contributed by atoms with Gasteiger partial charge >= 0.3 is 0 Å². The van der Waals surface area contributed by atoms with Gasteiger partial charge in [0, 0.05) is 27.2 Å². The van der Waals surface area contributed by atoms with E-state index in [1.54, 1.807) is 26.1 Å². The lowest BCUT2D eigenvalue weighted by Crippen LogP contribution is -2.38. The van der Waals surface area contributed by atoms with Crippen LogP contribution in [0.15, 0.2) is 35.8 Å². The van der Waals surface area contributed by atoms with Crippen molar-refractivity contribution in [3.63, 3.8) is 0 Å². The van der Waals surface area contributed by atoms with Crippen molar-refractivity contribution in [3.8, 4) is 0 Å². The lowest BCUT2D eigenvalue weighted by Gasteiger charge is -2.22. The van der Waals surface area contributed by atoms with Gasteiger partial charge in [0.05, 0.1) is 0 Å². The average molecular weight is 277 g/mol. The van der Waals surface area contributed by atoms with Crippen LogP contribution in [-0.2, 0) is 6.54 Å². The molecule has 0 atom stereocenters. The number of unbranched alkanes of at least 4 members (excludes halogenated alkanes) is 1. The summed E-state index contributed by atoms with van der Waals surface area (Å²) in [7, 11) is 3.75. The molecule has 0 aliphatic rings. The smallest absolute Gasteiger partial charge is 0.193 e. The molecule has 0 heterocycles. The van der Waals surface area contributed by atoms with Crippen LogP contribution in [0, 0.1) is 12.7 Å². The monoisotopic (exact) mass is 277 g/mol. The second-order valence-electron chi connectivity index (χ2n) is 4.84. The minimum atomic E-state index is -0.168. The summed E-state index contributed by atoms with van der Waals surface area (Å²) in [4.78, 5) is 6.30. The minimum Gasteiger partial charge on any atom is -0.352 e. The fraction of sp³-hybridized carbons (Fsp3) is 0.438. The van der Waals surface area contributed by atoms with Crippen molar-refractivity contribution in [2.45, 2.75) is 26.3 Å². The Morgan fingerprint density at radius 3 is 2.85 bits per heavy atom. The predicted molar refractivity (Wildman–Crippen MR) is 83.4 cm³/mol. The summed E-state index contributed by atoms with van der Waals surface area (Å²) in [6.45, 7) is 6.95. The molecule has 0 unspecified atom stereocenters. The molecule has 1 N–H and O–H groups in total. The number of nitrogens with zero attached hydrogens (tertiary/aromatic N) is 2. The van der Waals surface area contributed by atoms with E-state index in [-0.39, 0.29) is 5.82 Å². The number of halogens is 1. The molecule has 20 heavy (non-hydrogen) atoms. The highest BCUT2D eigenvalue weighted by molar-refractivity contribution is 5.79. The molecule has 1 aromatic carbocycles. The second-order valence-corrected chi connectivity index (χ2v) is 4.84. The number of aliphatic imine (C=N–C) groups is 1. The summed E-state index contributed by atoms with van der Waals surface area (Å²) in [5, 5.41) is 3.24. The maximum Gasteiger partial charge on any atom is 0.193 e. The Bertz CT molecular complexity index is 469. The third kappa shape index (κ3) is 5.03. The molecule has 0 radical (unpaired) electrons. The topological polar surface area (TPSA) is 27.6 Å². The molecule has 0 spiro atoms. The SMILES string of the molecule is C=CCCCN(C)C(=NC)NCc1ccc(C)c(F)c1. The van der Waals surface area contributed by atoms with Crippen LogP contribution in [0.3, 0.4) is 0 Å². The fourth-order valence-electron chi connectivity index (χ4n) is 1.89. The Morgan fingerprint density at radius 2 is 2.25 bits per heavy atom. The summed E-state index contributed by atoms with van der Waals surface area (Å²) in [5.41, 5.74) is 1.58. The molecule has 1 rings (SSSR count). The summed E-state index contributed by atoms with van der Waals surface area (Å²) in [5.74, 6) is 0.647. The quantitative estimate of drug-likeness (QED) is 0.374. The number of guanidine groups is 1. The lowest BCUT2D eigenvalue weighted by atomic mass is 10.1. The number of benzene rings is 1. The van der Waals surface area contributed by atoms with Crippen molar-refractivity contribution in [2.24, 2.45) is 4.99 Å². The third-order valence-corrected chi connectivity index (χ3v) is 3.16. The van der Waals surface area contributed by atoms with E-state index in [2.05, 4.69) is 21.8 Å². The zero-order valence-corrected chi connectivity index (χ0v) is 12.6. The highest BCUT2D eigenvalue weighted by Crippen LogP contribution is 2.09. The van der Waals surface area contributed by atoms with Crippen LogP contribution in [0.2, 0.25) is 0 Å². The number of rotatable bonds is 6. The zero-order chi connectivity index (χ0) is 15.0. The van der Waals surface area contributed by atoms with Gasteiger partial charge in [-0.3, -0.25) is 4.99 Å². The van der Waals surface area contributed by atoms with Gasteiger partial charge in [0.25, 0.3) is 0 Å². The van der Waals surface area contributed by atoms with Gasteiger partial charge in [-0.25, -0.2) is 4.39 Å². The number of allylic oxidation sites excluding steroid dienone is 1. The van der Waals surface area contributed by atoms with E-state index in [1.807, 2.05) is 19.2 Å². The van der Waals surface area contributed by atoms with E-state index in [9.17, 15) is 4.39 Å². The molecule has 3 nitrogen and oxygen atoms in total. The molecule has 0 saturated carbocycles. The lowest BCUT2D eigenvalue weighted by molar-refractivity contribution is 0.469. The predicted octanol–water partition coefficient (Wildman–Crippen LogP) is 3.11. The molecule has 0 aliphatic heterocycles. The first-order chi connectivity index (χ1) is 9.58. The van der Waals surface area contributed by atoms with E-state index >= 15 is 0 Å². The molecule has 110 valence electrons. The third-order valence-electron chi connectivity index (χ3n) is 3.16. The standard InChI is InChI=1S/C16H24FN3/c1-5-6-7-10-20(4)16(18-3)19-12-14-9-8-13(2)15(17)11-14/h5,8-9,11H,1,6-7,10,12H2,2-4H3,(H,18,19). The van der Waals surface area contributed by atoms with Crippen LogP contribution in [0.1, 0.15) is 24.0 Å². The molecule has 0 amide bonds. The number of aryl methyl sites for hydroxylation is 1. The Labute approximate surface area is 121 Å². The van der Waals surface area contributed by atoms with Crippen molar-refractivity contribution in [1.82, 2.24) is 10.2 Å². The van der Waals surface area contributed by atoms with Gasteiger partial charge in [-0.05, 0) is 37.0 Å². The largest absolute Gasteiger partial charge is 0.352 e. The summed E-state index contributed by atoms with van der Waals surface area (Å²) >= 11 is 0. The van der Waals surface area contributed by atoms with Gasteiger partial charge in [-0.1, -0.05) is 18.2 Å². The summed E-state index contributed by atoms with van der Waals surface area (Å²) in [6.07, 6.45) is 3.95. The second kappa shape index (κ2) is 8.35. The van der Waals surface area contributed by atoms with E-state index < -0.39 is 0 Å². The van der Waals surface area contributed by atoms with Crippen molar-refractivity contribution < 1.29 is 4.39 Å². The normalized spacial score (nSPS) is 11.3. The molecule has 1 aromatic rings. The van der Waals surface area contributed by atoms with Gasteiger partial charge in [0.2, 0.25) is 0 Å². The van der Waals surface area contributed by atoms with Crippen LogP contribution in [0.4, 0.5) is 4.39 Å². The van der Waals surface area contributed by atoms with E-state index in [0.717, 1.165) is 30.9 Å². The van der Waals surface area contributed by atoms with E-state index in [0.29, 0.717) is 12.1 Å². The van der Waals surface area contributed by atoms with Gasteiger partial charge in [-0.15, -0.1) is 6.58 Å². The highest BCUT2D eigenvalue weighted by Gasteiger charge is 2.05. The summed E-state index contributed by atoms with van der Waals surface area (Å²) in [6, 6.07) is 5.28.